The van der Waals surface area contributed by atoms with E-state index in [2.05, 4.69) is 4.98 Å². The molecule has 0 fully saturated rings. The van der Waals surface area contributed by atoms with Gasteiger partial charge in [-0.1, -0.05) is 18.2 Å². The maximum absolute atomic E-state index is 15.5. The molecule has 0 radical (unpaired) electrons. The van der Waals surface area contributed by atoms with Crippen LogP contribution in [-0.2, 0) is 11.2 Å². The molecule has 0 bridgehead atoms. The third kappa shape index (κ3) is 5.66. The van der Waals surface area contributed by atoms with Crippen LogP contribution < -0.4 is 0 Å². The van der Waals surface area contributed by atoms with Crippen molar-refractivity contribution in [2.75, 3.05) is 19.9 Å². The number of halogens is 3. The van der Waals surface area contributed by atoms with E-state index < -0.39 is 30.1 Å². The van der Waals surface area contributed by atoms with E-state index >= 15 is 8.78 Å². The van der Waals surface area contributed by atoms with Gasteiger partial charge in [-0.2, -0.15) is 0 Å². The maximum Gasteiger partial charge on any atom is 0.225 e. The molecule has 0 saturated carbocycles. The van der Waals surface area contributed by atoms with Crippen LogP contribution in [0.1, 0.15) is 49.1 Å². The first-order chi connectivity index (χ1) is 16.7. The van der Waals surface area contributed by atoms with Crippen LogP contribution in [-0.4, -0.2) is 46.6 Å². The molecule has 2 unspecified atom stereocenters. The number of ether oxygens (including phenoxy) is 1. The Morgan fingerprint density at radius 1 is 1.23 bits per heavy atom. The Kier molecular flexibility index (Phi) is 7.44. The quantitative estimate of drug-likeness (QED) is 0.328. The Morgan fingerprint density at radius 3 is 2.60 bits per heavy atom. The van der Waals surface area contributed by atoms with Gasteiger partial charge in [0, 0.05) is 23.7 Å². The van der Waals surface area contributed by atoms with Crippen LogP contribution in [0.5, 0.6) is 0 Å². The van der Waals surface area contributed by atoms with Crippen molar-refractivity contribution in [3.05, 3.63) is 82.8 Å². The van der Waals surface area contributed by atoms with E-state index in [9.17, 15) is 4.39 Å². The molecular formula is C27H29F3N2O3. The van der Waals surface area contributed by atoms with Crippen LogP contribution in [0, 0.1) is 11.6 Å². The highest BCUT2D eigenvalue weighted by molar-refractivity contribution is 5.58. The molecular weight excluding hydrogens is 457 g/mol. The Hall–Kier alpha value is -2.94. The fourth-order valence-electron chi connectivity index (χ4n) is 4.69. The van der Waals surface area contributed by atoms with E-state index in [1.807, 2.05) is 24.0 Å². The van der Waals surface area contributed by atoms with Gasteiger partial charge in [0.2, 0.25) is 5.89 Å². The summed E-state index contributed by atoms with van der Waals surface area (Å²) in [5.74, 6) is -0.963. The maximum atomic E-state index is 15.5. The van der Waals surface area contributed by atoms with Gasteiger partial charge in [0.25, 0.3) is 0 Å². The Bertz CT molecular complexity index is 1170. The lowest BCUT2D eigenvalue weighted by Gasteiger charge is -2.44. The number of aliphatic hydroxyl groups excluding tert-OH is 1. The van der Waals surface area contributed by atoms with Gasteiger partial charge in [0.1, 0.15) is 30.4 Å². The van der Waals surface area contributed by atoms with Crippen molar-refractivity contribution in [3.8, 4) is 11.5 Å². The molecule has 2 atom stereocenters. The summed E-state index contributed by atoms with van der Waals surface area (Å²) < 4.78 is 56.1. The molecule has 186 valence electrons. The van der Waals surface area contributed by atoms with Crippen LogP contribution in [0.3, 0.4) is 0 Å². The average Bonchev–Trinajstić information content (AvgIpc) is 3.32. The molecule has 1 aromatic heterocycles. The third-order valence-electron chi connectivity index (χ3n) is 6.08. The first-order valence-corrected chi connectivity index (χ1v) is 11.5. The number of aliphatic hydroxyl groups is 1. The van der Waals surface area contributed by atoms with Crippen molar-refractivity contribution in [3.63, 3.8) is 0 Å². The van der Waals surface area contributed by atoms with E-state index in [4.69, 9.17) is 14.3 Å². The summed E-state index contributed by atoms with van der Waals surface area (Å²) in [6, 6.07) is 7.09. The number of fused-ring (bicyclic) bond motifs is 1. The number of hydrogen-bond donors (Lipinski definition) is 1. The van der Waals surface area contributed by atoms with Gasteiger partial charge in [-0.3, -0.25) is 4.90 Å². The van der Waals surface area contributed by atoms with Gasteiger partial charge in [-0.05, 0) is 68.1 Å². The second-order valence-corrected chi connectivity index (χ2v) is 9.40. The van der Waals surface area contributed by atoms with Crippen LogP contribution >= 0.6 is 0 Å². The minimum atomic E-state index is -1.57. The molecule has 3 aromatic rings. The predicted octanol–water partition coefficient (Wildman–Crippen LogP) is 5.68. The molecule has 8 heteroatoms. The Labute approximate surface area is 202 Å². The number of hydrogen-bond acceptors (Lipinski definition) is 5. The standard InChI is InChI=1S/C27H29F3N2O3/c1-17-11-20-14-19(26-31-8-10-35-26)6-7-21(20)25(32(17)15-27(2,3)30)24-22(28)12-18(13-23(24)29)5-4-9-34-16-33/h4-8,10,12-14,17,25,33H,9,11,15-16H2,1-3H3/b5-4+. The molecule has 1 aliphatic heterocycles. The largest absolute Gasteiger partial charge is 0.445 e. The van der Waals surface area contributed by atoms with Crippen molar-refractivity contribution < 1.29 is 27.4 Å². The van der Waals surface area contributed by atoms with Crippen LogP contribution in [0.4, 0.5) is 13.2 Å². The summed E-state index contributed by atoms with van der Waals surface area (Å²) in [7, 11) is 0. The molecule has 0 spiro atoms. The molecule has 2 aromatic carbocycles. The Balaban J connectivity index is 1.80. The van der Waals surface area contributed by atoms with Gasteiger partial charge >= 0.3 is 0 Å². The summed E-state index contributed by atoms with van der Waals surface area (Å²) in [4.78, 5) is 6.03. The molecule has 0 amide bonds. The van der Waals surface area contributed by atoms with E-state index in [0.717, 1.165) is 16.7 Å². The van der Waals surface area contributed by atoms with Gasteiger partial charge in [-0.15, -0.1) is 0 Å². The normalized spacial score (nSPS) is 18.8. The second-order valence-electron chi connectivity index (χ2n) is 9.40. The first kappa shape index (κ1) is 25.2. The highest BCUT2D eigenvalue weighted by Gasteiger charge is 2.39. The number of nitrogens with zero attached hydrogens (tertiary/aromatic N) is 2. The molecule has 0 saturated heterocycles. The Morgan fingerprint density at radius 2 is 1.97 bits per heavy atom. The first-order valence-electron chi connectivity index (χ1n) is 11.5. The van der Waals surface area contributed by atoms with Gasteiger partial charge in [0.05, 0.1) is 18.8 Å². The lowest BCUT2D eigenvalue weighted by molar-refractivity contribution is 0.0133. The average molecular weight is 487 g/mol. The van der Waals surface area contributed by atoms with Gasteiger partial charge < -0.3 is 14.3 Å². The smallest absolute Gasteiger partial charge is 0.225 e. The summed E-state index contributed by atoms with van der Waals surface area (Å²) in [6.07, 6.45) is 6.72. The molecule has 0 aliphatic carbocycles. The minimum Gasteiger partial charge on any atom is -0.445 e. The zero-order chi connectivity index (χ0) is 25.2. The zero-order valence-electron chi connectivity index (χ0n) is 20.0. The topological polar surface area (TPSA) is 58.7 Å². The number of alkyl halides is 1. The highest BCUT2D eigenvalue weighted by Crippen LogP contribution is 2.42. The summed E-state index contributed by atoms with van der Waals surface area (Å²) in [5.41, 5.74) is 1.05. The van der Waals surface area contributed by atoms with Crippen molar-refractivity contribution in [1.29, 1.82) is 0 Å². The van der Waals surface area contributed by atoms with Crippen LogP contribution in [0.25, 0.3) is 17.5 Å². The molecule has 1 aliphatic rings. The van der Waals surface area contributed by atoms with E-state index in [1.165, 1.54) is 38.3 Å². The van der Waals surface area contributed by atoms with Crippen molar-refractivity contribution in [2.45, 2.75) is 44.9 Å². The lowest BCUT2D eigenvalue weighted by atomic mass is 9.83. The minimum absolute atomic E-state index is 0.0127. The van der Waals surface area contributed by atoms with E-state index in [-0.39, 0.29) is 24.8 Å². The molecule has 35 heavy (non-hydrogen) atoms. The van der Waals surface area contributed by atoms with Crippen molar-refractivity contribution in [2.24, 2.45) is 0 Å². The SMILES string of the molecule is CC1Cc2cc(-c3ncco3)ccc2C(c2c(F)cc(/C=C/COCO)cc2F)N1CC(C)(C)F. The third-order valence-corrected chi connectivity index (χ3v) is 6.08. The lowest BCUT2D eigenvalue weighted by Crippen LogP contribution is -2.48. The summed E-state index contributed by atoms with van der Waals surface area (Å²) >= 11 is 0. The predicted molar refractivity (Wildman–Crippen MR) is 127 cm³/mol. The van der Waals surface area contributed by atoms with Crippen molar-refractivity contribution in [1.82, 2.24) is 9.88 Å². The number of aromatic nitrogens is 1. The zero-order valence-corrected chi connectivity index (χ0v) is 20.0. The molecule has 5 nitrogen and oxygen atoms in total. The van der Waals surface area contributed by atoms with Crippen LogP contribution in [0.15, 0.2) is 53.3 Å². The van der Waals surface area contributed by atoms with Gasteiger partial charge in [0.15, 0.2) is 0 Å². The molecule has 4 rings (SSSR count). The number of oxazole rings is 1. The summed E-state index contributed by atoms with van der Waals surface area (Å²) in [6.45, 7) is 4.55. The van der Waals surface area contributed by atoms with E-state index in [0.29, 0.717) is 17.9 Å². The van der Waals surface area contributed by atoms with E-state index in [1.54, 1.807) is 18.3 Å². The number of benzene rings is 2. The second kappa shape index (κ2) is 10.4. The number of rotatable bonds is 8. The fraction of sp³-hybridized carbons (Fsp3) is 0.370. The monoisotopic (exact) mass is 486 g/mol. The molecule has 1 N–H and O–H groups in total. The molecule has 2 heterocycles. The fourth-order valence-corrected chi connectivity index (χ4v) is 4.69. The van der Waals surface area contributed by atoms with Gasteiger partial charge in [-0.25, -0.2) is 18.2 Å². The summed E-state index contributed by atoms with van der Waals surface area (Å²) in [5, 5.41) is 8.69. The highest BCUT2D eigenvalue weighted by atomic mass is 19.1. The van der Waals surface area contributed by atoms with Crippen LogP contribution in [0.2, 0.25) is 0 Å². The van der Waals surface area contributed by atoms with Crippen molar-refractivity contribution >= 4 is 6.08 Å².